The summed E-state index contributed by atoms with van der Waals surface area (Å²) in [6.07, 6.45) is 1.04. The summed E-state index contributed by atoms with van der Waals surface area (Å²) in [5.74, 6) is 0.725. The zero-order valence-corrected chi connectivity index (χ0v) is 11.6. The van der Waals surface area contributed by atoms with E-state index in [9.17, 15) is 0 Å². The summed E-state index contributed by atoms with van der Waals surface area (Å²) in [6, 6.07) is 18.2. The Balaban J connectivity index is 1.91. The van der Waals surface area contributed by atoms with Crippen molar-refractivity contribution in [1.29, 1.82) is 5.26 Å². The normalized spacial score (nSPS) is 9.80. The van der Waals surface area contributed by atoms with Gasteiger partial charge in [-0.05, 0) is 41.8 Å². The number of ether oxygens (including phenoxy) is 1. The molecule has 0 saturated carbocycles. The fourth-order valence-electron chi connectivity index (χ4n) is 1.92. The van der Waals surface area contributed by atoms with Crippen LogP contribution in [0.15, 0.2) is 48.5 Å². The standard InChI is InChI=1S/C17H18N2O/c1-2-14-4-3-5-16(12-14)19-13-15-6-8-17(9-7-15)20-11-10-18/h3-9,12,19H,2,11,13H2,1H3. The molecule has 0 saturated heterocycles. The Morgan fingerprint density at radius 2 is 1.90 bits per heavy atom. The number of hydrogen-bond donors (Lipinski definition) is 1. The Kier molecular flexibility index (Phi) is 5.02. The van der Waals surface area contributed by atoms with Crippen LogP contribution in [0.2, 0.25) is 0 Å². The quantitative estimate of drug-likeness (QED) is 0.865. The fraction of sp³-hybridized carbons (Fsp3) is 0.235. The Labute approximate surface area is 119 Å². The number of hydrogen-bond acceptors (Lipinski definition) is 3. The van der Waals surface area contributed by atoms with Crippen molar-refractivity contribution in [3.8, 4) is 11.8 Å². The Bertz CT molecular complexity index is 585. The van der Waals surface area contributed by atoms with E-state index in [1.54, 1.807) is 0 Å². The minimum Gasteiger partial charge on any atom is -0.479 e. The zero-order chi connectivity index (χ0) is 14.2. The van der Waals surface area contributed by atoms with Crippen molar-refractivity contribution in [2.24, 2.45) is 0 Å². The van der Waals surface area contributed by atoms with Crippen LogP contribution in [-0.2, 0) is 13.0 Å². The van der Waals surface area contributed by atoms with Gasteiger partial charge in [-0.25, -0.2) is 0 Å². The molecule has 0 aliphatic rings. The van der Waals surface area contributed by atoms with Gasteiger partial charge in [0.15, 0.2) is 6.61 Å². The first kappa shape index (κ1) is 14.0. The highest BCUT2D eigenvalue weighted by molar-refractivity contribution is 5.46. The highest BCUT2D eigenvalue weighted by Crippen LogP contribution is 2.15. The van der Waals surface area contributed by atoms with Gasteiger partial charge >= 0.3 is 0 Å². The lowest BCUT2D eigenvalue weighted by atomic mass is 10.1. The first-order valence-electron chi connectivity index (χ1n) is 6.73. The number of nitriles is 1. The maximum atomic E-state index is 8.45. The van der Waals surface area contributed by atoms with Gasteiger partial charge in [-0.15, -0.1) is 0 Å². The van der Waals surface area contributed by atoms with Gasteiger partial charge in [0, 0.05) is 12.2 Å². The second-order valence-electron chi connectivity index (χ2n) is 4.50. The molecule has 102 valence electrons. The predicted octanol–water partition coefficient (Wildman–Crippen LogP) is 3.76. The summed E-state index contributed by atoms with van der Waals surface area (Å²) < 4.78 is 5.22. The maximum Gasteiger partial charge on any atom is 0.174 e. The molecule has 0 amide bonds. The van der Waals surface area contributed by atoms with E-state index in [-0.39, 0.29) is 6.61 Å². The van der Waals surface area contributed by atoms with E-state index in [1.165, 1.54) is 11.1 Å². The third-order valence-electron chi connectivity index (χ3n) is 3.06. The van der Waals surface area contributed by atoms with Crippen LogP contribution in [-0.4, -0.2) is 6.61 Å². The molecule has 0 bridgehead atoms. The predicted molar refractivity (Wildman–Crippen MR) is 80.7 cm³/mol. The molecule has 3 heteroatoms. The molecule has 2 rings (SSSR count). The van der Waals surface area contributed by atoms with Crippen molar-refractivity contribution in [2.75, 3.05) is 11.9 Å². The SMILES string of the molecule is CCc1cccc(NCc2ccc(OCC#N)cc2)c1. The fourth-order valence-corrected chi connectivity index (χ4v) is 1.92. The zero-order valence-electron chi connectivity index (χ0n) is 11.6. The second kappa shape index (κ2) is 7.20. The van der Waals surface area contributed by atoms with Crippen molar-refractivity contribution in [3.63, 3.8) is 0 Å². The maximum absolute atomic E-state index is 8.45. The molecule has 0 spiro atoms. The molecule has 0 atom stereocenters. The van der Waals surface area contributed by atoms with Crippen LogP contribution < -0.4 is 10.1 Å². The van der Waals surface area contributed by atoms with Crippen LogP contribution in [0, 0.1) is 11.3 Å². The minimum absolute atomic E-state index is 0.0847. The van der Waals surface area contributed by atoms with Gasteiger partial charge in [-0.1, -0.05) is 31.2 Å². The number of rotatable bonds is 6. The number of benzene rings is 2. The lowest BCUT2D eigenvalue weighted by Gasteiger charge is -2.08. The third-order valence-corrected chi connectivity index (χ3v) is 3.06. The molecule has 20 heavy (non-hydrogen) atoms. The van der Waals surface area contributed by atoms with Gasteiger partial charge in [0.05, 0.1) is 0 Å². The molecule has 0 aromatic heterocycles. The molecule has 1 N–H and O–H groups in total. The van der Waals surface area contributed by atoms with Gasteiger partial charge in [0.1, 0.15) is 11.8 Å². The molecule has 0 fully saturated rings. The Hall–Kier alpha value is -2.47. The summed E-state index contributed by atoms with van der Waals surface area (Å²) >= 11 is 0. The van der Waals surface area contributed by atoms with Crippen molar-refractivity contribution in [2.45, 2.75) is 19.9 Å². The molecule has 0 heterocycles. The lowest BCUT2D eigenvalue weighted by Crippen LogP contribution is -2.00. The van der Waals surface area contributed by atoms with Crippen molar-refractivity contribution in [3.05, 3.63) is 59.7 Å². The van der Waals surface area contributed by atoms with Gasteiger partial charge in [0.25, 0.3) is 0 Å². The average Bonchev–Trinajstić information content (AvgIpc) is 2.52. The van der Waals surface area contributed by atoms with Crippen LogP contribution >= 0.6 is 0 Å². The van der Waals surface area contributed by atoms with E-state index in [2.05, 4.69) is 36.5 Å². The van der Waals surface area contributed by atoms with Crippen LogP contribution in [0.4, 0.5) is 5.69 Å². The highest BCUT2D eigenvalue weighted by atomic mass is 16.5. The van der Waals surface area contributed by atoms with Crippen LogP contribution in [0.3, 0.4) is 0 Å². The summed E-state index contributed by atoms with van der Waals surface area (Å²) in [5.41, 5.74) is 3.64. The summed E-state index contributed by atoms with van der Waals surface area (Å²) in [7, 11) is 0. The first-order chi connectivity index (χ1) is 9.81. The minimum atomic E-state index is 0.0847. The summed E-state index contributed by atoms with van der Waals surface area (Å²) in [4.78, 5) is 0. The van der Waals surface area contributed by atoms with Crippen molar-refractivity contribution in [1.82, 2.24) is 0 Å². The van der Waals surface area contributed by atoms with E-state index in [1.807, 2.05) is 30.3 Å². The van der Waals surface area contributed by atoms with Crippen LogP contribution in [0.25, 0.3) is 0 Å². The first-order valence-corrected chi connectivity index (χ1v) is 6.73. The lowest BCUT2D eigenvalue weighted by molar-refractivity contribution is 0.368. The molecule has 2 aromatic rings. The number of nitrogens with zero attached hydrogens (tertiary/aromatic N) is 1. The largest absolute Gasteiger partial charge is 0.479 e. The van der Waals surface area contributed by atoms with E-state index in [4.69, 9.17) is 10.00 Å². The molecular formula is C17H18N2O. The third kappa shape index (κ3) is 4.03. The van der Waals surface area contributed by atoms with E-state index >= 15 is 0 Å². The summed E-state index contributed by atoms with van der Waals surface area (Å²) in [5, 5.41) is 11.9. The number of nitrogens with one attached hydrogen (secondary N) is 1. The molecule has 0 aliphatic heterocycles. The molecule has 0 unspecified atom stereocenters. The Morgan fingerprint density at radius 3 is 2.60 bits per heavy atom. The van der Waals surface area contributed by atoms with E-state index in [0.29, 0.717) is 0 Å². The van der Waals surface area contributed by atoms with Gasteiger partial charge in [-0.2, -0.15) is 5.26 Å². The van der Waals surface area contributed by atoms with E-state index in [0.717, 1.165) is 24.4 Å². The van der Waals surface area contributed by atoms with Gasteiger partial charge in [-0.3, -0.25) is 0 Å². The van der Waals surface area contributed by atoms with Crippen molar-refractivity contribution < 1.29 is 4.74 Å². The second-order valence-corrected chi connectivity index (χ2v) is 4.50. The molecule has 2 aromatic carbocycles. The molecule has 0 aliphatic carbocycles. The van der Waals surface area contributed by atoms with Crippen molar-refractivity contribution >= 4 is 5.69 Å². The average molecular weight is 266 g/mol. The topological polar surface area (TPSA) is 45.0 Å². The highest BCUT2D eigenvalue weighted by Gasteiger charge is 1.97. The van der Waals surface area contributed by atoms with Gasteiger partial charge in [0.2, 0.25) is 0 Å². The molecule has 0 radical (unpaired) electrons. The molecular weight excluding hydrogens is 248 g/mol. The Morgan fingerprint density at radius 1 is 1.10 bits per heavy atom. The smallest absolute Gasteiger partial charge is 0.174 e. The van der Waals surface area contributed by atoms with Crippen LogP contribution in [0.1, 0.15) is 18.1 Å². The van der Waals surface area contributed by atoms with Gasteiger partial charge < -0.3 is 10.1 Å². The summed E-state index contributed by atoms with van der Waals surface area (Å²) in [6.45, 7) is 3.01. The van der Waals surface area contributed by atoms with E-state index < -0.39 is 0 Å². The monoisotopic (exact) mass is 266 g/mol. The van der Waals surface area contributed by atoms with Crippen LogP contribution in [0.5, 0.6) is 5.75 Å². The number of anilines is 1. The molecule has 3 nitrogen and oxygen atoms in total. The number of aryl methyl sites for hydroxylation is 1.